The van der Waals surface area contributed by atoms with Crippen LogP contribution in [0.5, 0.6) is 11.5 Å². The van der Waals surface area contributed by atoms with Gasteiger partial charge in [0.2, 0.25) is 5.82 Å². The number of halogens is 3. The average Bonchev–Trinajstić information content (AvgIpc) is 2.86. The van der Waals surface area contributed by atoms with E-state index in [2.05, 4.69) is 13.5 Å². The fourth-order valence-corrected chi connectivity index (χ4v) is 4.43. The molecule has 3 nitrogen and oxygen atoms in total. The third kappa shape index (κ3) is 5.59. The summed E-state index contributed by atoms with van der Waals surface area (Å²) >= 11 is 0. The van der Waals surface area contributed by atoms with Crippen LogP contribution < -0.4 is 9.47 Å². The minimum Gasteiger partial charge on any atom is -0.489 e. The molecular weight excluding hydrogens is 453 g/mol. The highest BCUT2D eigenvalue weighted by atomic mass is 19.2. The molecule has 0 saturated heterocycles. The largest absolute Gasteiger partial charge is 0.489 e. The summed E-state index contributed by atoms with van der Waals surface area (Å²) < 4.78 is 54.4. The van der Waals surface area contributed by atoms with Crippen LogP contribution in [-0.2, 0) is 0 Å². The SMILES string of the molecule is C=CCOc1ccc(-c2ccc(C(=O)Oc3ccc(C4CCC(C)CC4)c(F)c3F)cc2)c(F)c1. The smallest absolute Gasteiger partial charge is 0.343 e. The van der Waals surface area contributed by atoms with Gasteiger partial charge in [0.15, 0.2) is 11.6 Å². The summed E-state index contributed by atoms with van der Waals surface area (Å²) in [6.45, 7) is 5.98. The highest BCUT2D eigenvalue weighted by Crippen LogP contribution is 2.38. The van der Waals surface area contributed by atoms with Crippen molar-refractivity contribution in [2.75, 3.05) is 6.61 Å². The van der Waals surface area contributed by atoms with Crippen molar-refractivity contribution in [3.63, 3.8) is 0 Å². The van der Waals surface area contributed by atoms with Gasteiger partial charge in [0, 0.05) is 11.6 Å². The van der Waals surface area contributed by atoms with E-state index in [1.807, 2.05) is 0 Å². The first kappa shape index (κ1) is 24.6. The maximum Gasteiger partial charge on any atom is 0.343 e. The Morgan fingerprint density at radius 1 is 0.971 bits per heavy atom. The van der Waals surface area contributed by atoms with E-state index in [-0.39, 0.29) is 18.1 Å². The number of rotatable bonds is 7. The Hall–Kier alpha value is -3.54. The molecule has 182 valence electrons. The van der Waals surface area contributed by atoms with E-state index in [0.717, 1.165) is 25.7 Å². The monoisotopic (exact) mass is 480 g/mol. The van der Waals surface area contributed by atoms with Crippen LogP contribution in [-0.4, -0.2) is 12.6 Å². The van der Waals surface area contributed by atoms with Crippen molar-refractivity contribution in [1.82, 2.24) is 0 Å². The van der Waals surface area contributed by atoms with Crippen molar-refractivity contribution in [2.24, 2.45) is 5.92 Å². The van der Waals surface area contributed by atoms with Crippen molar-refractivity contribution >= 4 is 5.97 Å². The molecule has 3 aromatic rings. The fourth-order valence-electron chi connectivity index (χ4n) is 4.43. The van der Waals surface area contributed by atoms with Gasteiger partial charge >= 0.3 is 5.97 Å². The van der Waals surface area contributed by atoms with Crippen LogP contribution in [0.3, 0.4) is 0 Å². The summed E-state index contributed by atoms with van der Waals surface area (Å²) in [6.07, 6.45) is 5.16. The van der Waals surface area contributed by atoms with E-state index in [1.54, 1.807) is 30.3 Å². The van der Waals surface area contributed by atoms with Gasteiger partial charge in [-0.1, -0.05) is 50.6 Å². The lowest BCUT2D eigenvalue weighted by Crippen LogP contribution is -2.14. The molecule has 0 spiro atoms. The first-order chi connectivity index (χ1) is 16.9. The van der Waals surface area contributed by atoms with E-state index in [0.29, 0.717) is 28.4 Å². The van der Waals surface area contributed by atoms with Crippen LogP contribution in [0.4, 0.5) is 13.2 Å². The standard InChI is InChI=1S/C29H27F3O3/c1-3-16-34-22-12-13-23(25(30)17-22)19-8-10-21(11-9-19)29(33)35-26-15-14-24(27(31)28(26)32)20-6-4-18(2)5-7-20/h3,8-15,17-18,20H,1,4-7,16H2,2H3. The van der Waals surface area contributed by atoms with Crippen LogP contribution in [0, 0.1) is 23.4 Å². The third-order valence-electron chi connectivity index (χ3n) is 6.48. The summed E-state index contributed by atoms with van der Waals surface area (Å²) in [5, 5.41) is 0. The minimum absolute atomic E-state index is 0.0268. The lowest BCUT2D eigenvalue weighted by molar-refractivity contribution is 0.0726. The summed E-state index contributed by atoms with van der Waals surface area (Å²) in [5.41, 5.74) is 1.33. The zero-order valence-electron chi connectivity index (χ0n) is 19.5. The zero-order chi connectivity index (χ0) is 24.9. The van der Waals surface area contributed by atoms with Crippen molar-refractivity contribution in [3.8, 4) is 22.6 Å². The molecule has 1 aliphatic rings. The molecule has 0 radical (unpaired) electrons. The van der Waals surface area contributed by atoms with E-state index in [9.17, 15) is 18.0 Å². The molecule has 3 aromatic carbocycles. The topological polar surface area (TPSA) is 35.5 Å². The van der Waals surface area contributed by atoms with E-state index >= 15 is 0 Å². The summed E-state index contributed by atoms with van der Waals surface area (Å²) in [6, 6.07) is 13.3. The van der Waals surface area contributed by atoms with E-state index < -0.39 is 29.2 Å². The van der Waals surface area contributed by atoms with Crippen LogP contribution in [0.1, 0.15) is 54.4 Å². The van der Waals surface area contributed by atoms with Crippen LogP contribution in [0.15, 0.2) is 67.3 Å². The molecule has 35 heavy (non-hydrogen) atoms. The van der Waals surface area contributed by atoms with Gasteiger partial charge in [0.05, 0.1) is 5.56 Å². The van der Waals surface area contributed by atoms with E-state index in [1.165, 1.54) is 30.3 Å². The molecule has 4 rings (SSSR count). The van der Waals surface area contributed by atoms with Gasteiger partial charge in [-0.25, -0.2) is 13.6 Å². The van der Waals surface area contributed by atoms with Gasteiger partial charge in [-0.05, 0) is 66.1 Å². The van der Waals surface area contributed by atoms with E-state index in [4.69, 9.17) is 9.47 Å². The molecule has 1 fully saturated rings. The minimum atomic E-state index is -1.16. The van der Waals surface area contributed by atoms with Crippen molar-refractivity contribution in [2.45, 2.75) is 38.5 Å². The molecule has 0 aromatic heterocycles. The Morgan fingerprint density at radius 3 is 2.34 bits per heavy atom. The Morgan fingerprint density at radius 2 is 1.69 bits per heavy atom. The van der Waals surface area contributed by atoms with Crippen molar-refractivity contribution in [1.29, 1.82) is 0 Å². The zero-order valence-corrected chi connectivity index (χ0v) is 19.5. The molecule has 1 aliphatic carbocycles. The maximum atomic E-state index is 14.8. The number of carbonyl (C=O) groups excluding carboxylic acids is 1. The molecule has 1 saturated carbocycles. The Kier molecular flexibility index (Phi) is 7.59. The maximum absolute atomic E-state index is 14.8. The first-order valence-electron chi connectivity index (χ1n) is 11.7. The summed E-state index contributed by atoms with van der Waals surface area (Å²) in [7, 11) is 0. The van der Waals surface area contributed by atoms with Gasteiger partial charge in [0.1, 0.15) is 18.2 Å². The highest BCUT2D eigenvalue weighted by molar-refractivity contribution is 5.91. The predicted octanol–water partition coefficient (Wildman–Crippen LogP) is 7.85. The predicted molar refractivity (Wildman–Crippen MR) is 129 cm³/mol. The quantitative estimate of drug-likeness (QED) is 0.196. The average molecular weight is 481 g/mol. The molecule has 0 atom stereocenters. The van der Waals surface area contributed by atoms with Crippen molar-refractivity contribution < 1.29 is 27.4 Å². The Labute approximate surface area is 203 Å². The second kappa shape index (κ2) is 10.8. The Bertz CT molecular complexity index is 1210. The van der Waals surface area contributed by atoms with Gasteiger partial charge < -0.3 is 9.47 Å². The number of hydrogen-bond acceptors (Lipinski definition) is 3. The van der Waals surface area contributed by atoms with Crippen molar-refractivity contribution in [3.05, 3.63) is 95.8 Å². The molecule has 0 aliphatic heterocycles. The van der Waals surface area contributed by atoms with Gasteiger partial charge in [-0.3, -0.25) is 0 Å². The number of esters is 1. The second-order valence-electron chi connectivity index (χ2n) is 8.95. The number of hydrogen-bond donors (Lipinski definition) is 0. The molecule has 0 bridgehead atoms. The molecular formula is C29H27F3O3. The lowest BCUT2D eigenvalue weighted by atomic mass is 9.79. The molecule has 0 unspecified atom stereocenters. The second-order valence-corrected chi connectivity index (χ2v) is 8.95. The van der Waals surface area contributed by atoms with Gasteiger partial charge in [0.25, 0.3) is 0 Å². The lowest BCUT2D eigenvalue weighted by Gasteiger charge is -2.27. The Balaban J connectivity index is 1.46. The third-order valence-corrected chi connectivity index (χ3v) is 6.48. The first-order valence-corrected chi connectivity index (χ1v) is 11.7. The summed E-state index contributed by atoms with van der Waals surface area (Å²) in [5.74, 6) is -2.93. The fraction of sp³-hybridized carbons (Fsp3) is 0.276. The molecule has 0 heterocycles. The number of ether oxygens (including phenoxy) is 2. The highest BCUT2D eigenvalue weighted by Gasteiger charge is 2.26. The normalized spacial score (nSPS) is 17.6. The van der Waals surface area contributed by atoms with Crippen LogP contribution >= 0.6 is 0 Å². The number of benzene rings is 3. The van der Waals surface area contributed by atoms with Crippen LogP contribution in [0.25, 0.3) is 11.1 Å². The van der Waals surface area contributed by atoms with Gasteiger partial charge in [-0.2, -0.15) is 4.39 Å². The summed E-state index contributed by atoms with van der Waals surface area (Å²) in [4.78, 5) is 12.6. The van der Waals surface area contributed by atoms with Crippen LogP contribution in [0.2, 0.25) is 0 Å². The molecule has 0 amide bonds. The van der Waals surface area contributed by atoms with Gasteiger partial charge in [-0.15, -0.1) is 0 Å². The molecule has 6 heteroatoms. The number of carbonyl (C=O) groups is 1. The molecule has 0 N–H and O–H groups in total.